The molecule has 1 aromatic heterocycles. The molecule has 3 aromatic rings. The Balaban J connectivity index is 2.12. The lowest BCUT2D eigenvalue weighted by molar-refractivity contribution is 0.432. The summed E-state index contributed by atoms with van der Waals surface area (Å²) < 4.78 is 14.4. The largest absolute Gasteiger partial charge is 0.508 e. The van der Waals surface area contributed by atoms with E-state index in [9.17, 15) is 19.4 Å². The van der Waals surface area contributed by atoms with Crippen molar-refractivity contribution < 1.29 is 14.6 Å². The zero-order valence-corrected chi connectivity index (χ0v) is 14.6. The third-order valence-electron chi connectivity index (χ3n) is 3.47. The van der Waals surface area contributed by atoms with E-state index in [4.69, 9.17) is 23.8 Å². The monoisotopic (exact) mass is 391 g/mol. The van der Waals surface area contributed by atoms with Crippen LogP contribution in [-0.2, 0) is 0 Å². The van der Waals surface area contributed by atoms with Crippen molar-refractivity contribution >= 4 is 35.7 Å². The minimum absolute atomic E-state index is 0.0751. The van der Waals surface area contributed by atoms with Gasteiger partial charge in [-0.05, 0) is 54.7 Å². The number of hydrogen-bond donors (Lipinski definition) is 3. The predicted octanol–water partition coefficient (Wildman–Crippen LogP) is 3.85. The third kappa shape index (κ3) is 3.51. The van der Waals surface area contributed by atoms with Crippen LogP contribution in [0.25, 0.3) is 5.69 Å². The van der Waals surface area contributed by atoms with E-state index in [1.54, 1.807) is 0 Å². The van der Waals surface area contributed by atoms with Gasteiger partial charge in [0.15, 0.2) is 4.77 Å². The summed E-state index contributed by atoms with van der Waals surface area (Å²) in [7, 11) is 0. The Morgan fingerprint density at radius 2 is 1.88 bits per heavy atom. The molecule has 3 rings (SSSR count). The molecule has 0 bridgehead atoms. The van der Waals surface area contributed by atoms with Gasteiger partial charge < -0.3 is 10.2 Å². The molecular formula is C17H11ClFN3O3S. The van der Waals surface area contributed by atoms with Gasteiger partial charge in [0.2, 0.25) is 5.88 Å². The molecule has 9 heteroatoms. The molecule has 0 spiro atoms. The summed E-state index contributed by atoms with van der Waals surface area (Å²) in [6.07, 6.45) is 1.16. The molecule has 0 unspecified atom stereocenters. The van der Waals surface area contributed by atoms with Crippen LogP contribution in [0, 0.1) is 10.6 Å². The Bertz CT molecular complexity index is 1120. The highest BCUT2D eigenvalue weighted by Gasteiger charge is 2.13. The summed E-state index contributed by atoms with van der Waals surface area (Å²) in [5, 5.41) is 19.6. The third-order valence-corrected chi connectivity index (χ3v) is 4.05. The number of nitrogens with zero attached hydrogens (tertiary/aromatic N) is 2. The van der Waals surface area contributed by atoms with E-state index in [2.05, 4.69) is 9.98 Å². The minimum atomic E-state index is -0.639. The van der Waals surface area contributed by atoms with E-state index in [0.29, 0.717) is 5.69 Å². The Morgan fingerprint density at radius 1 is 1.19 bits per heavy atom. The molecule has 6 nitrogen and oxygen atoms in total. The van der Waals surface area contributed by atoms with Crippen LogP contribution in [0.5, 0.6) is 11.6 Å². The number of benzene rings is 2. The van der Waals surface area contributed by atoms with Gasteiger partial charge in [0, 0.05) is 6.21 Å². The number of halogens is 2. The van der Waals surface area contributed by atoms with Crippen LogP contribution in [0.1, 0.15) is 5.56 Å². The zero-order valence-electron chi connectivity index (χ0n) is 13.0. The van der Waals surface area contributed by atoms with Gasteiger partial charge in [-0.1, -0.05) is 11.6 Å². The Hall–Kier alpha value is -2.97. The van der Waals surface area contributed by atoms with E-state index >= 15 is 0 Å². The zero-order chi connectivity index (χ0) is 18.8. The fourth-order valence-electron chi connectivity index (χ4n) is 2.20. The average molecular weight is 392 g/mol. The fraction of sp³-hybridized carbons (Fsp3) is 0. The Labute approximate surface area is 156 Å². The Kier molecular flexibility index (Phi) is 4.88. The molecule has 2 aromatic carbocycles. The number of nitrogens with one attached hydrogen (secondary N) is 1. The first-order valence-electron chi connectivity index (χ1n) is 7.23. The van der Waals surface area contributed by atoms with Gasteiger partial charge >= 0.3 is 0 Å². The quantitative estimate of drug-likeness (QED) is 0.467. The summed E-state index contributed by atoms with van der Waals surface area (Å²) in [6.45, 7) is 0. The lowest BCUT2D eigenvalue weighted by Gasteiger charge is -2.11. The van der Waals surface area contributed by atoms with Crippen LogP contribution < -0.4 is 5.56 Å². The number of aromatic hydroxyl groups is 2. The van der Waals surface area contributed by atoms with Gasteiger partial charge in [0.1, 0.15) is 17.1 Å². The van der Waals surface area contributed by atoms with Crippen LogP contribution in [0.2, 0.25) is 5.02 Å². The van der Waals surface area contributed by atoms with Crippen molar-refractivity contribution in [2.24, 2.45) is 4.99 Å². The van der Waals surface area contributed by atoms with Crippen LogP contribution in [0.15, 0.2) is 52.3 Å². The number of aromatic nitrogens is 2. The van der Waals surface area contributed by atoms with Gasteiger partial charge in [0.05, 0.1) is 16.4 Å². The standard InChI is InChI=1S/C17H11ClFN3O3S/c18-13-7-10(3-6-14(13)19)22-16(25)12(15(24)21-17(22)26)8-20-9-1-4-11(23)5-2-9/h1-8,23,25H,(H,21,24,26). The molecule has 0 atom stereocenters. The van der Waals surface area contributed by atoms with Crippen molar-refractivity contribution in [3.63, 3.8) is 0 Å². The van der Waals surface area contributed by atoms with Crippen molar-refractivity contribution in [2.75, 3.05) is 0 Å². The number of aliphatic imine (C=N–C) groups is 1. The molecular weight excluding hydrogens is 381 g/mol. The maximum absolute atomic E-state index is 13.4. The van der Waals surface area contributed by atoms with Crippen LogP contribution >= 0.6 is 23.8 Å². The van der Waals surface area contributed by atoms with Gasteiger partial charge in [-0.2, -0.15) is 0 Å². The molecule has 0 saturated carbocycles. The molecule has 0 aliphatic heterocycles. The maximum atomic E-state index is 13.4. The summed E-state index contributed by atoms with van der Waals surface area (Å²) in [4.78, 5) is 18.6. The first kappa shape index (κ1) is 17.8. The van der Waals surface area contributed by atoms with Crippen LogP contribution in [0.3, 0.4) is 0 Å². The summed E-state index contributed by atoms with van der Waals surface area (Å²) >= 11 is 10.8. The van der Waals surface area contributed by atoms with Crippen molar-refractivity contribution in [1.29, 1.82) is 0 Å². The van der Waals surface area contributed by atoms with E-state index in [1.807, 2.05) is 0 Å². The SMILES string of the molecule is O=c1[nH]c(=S)n(-c2ccc(F)c(Cl)c2)c(O)c1C=Nc1ccc(O)cc1. The van der Waals surface area contributed by atoms with E-state index < -0.39 is 17.3 Å². The van der Waals surface area contributed by atoms with E-state index in [0.717, 1.165) is 16.8 Å². The second kappa shape index (κ2) is 7.11. The van der Waals surface area contributed by atoms with Crippen molar-refractivity contribution in [3.05, 3.63) is 74.0 Å². The maximum Gasteiger partial charge on any atom is 0.264 e. The first-order chi connectivity index (χ1) is 12.4. The number of hydrogen-bond acceptors (Lipinski definition) is 5. The second-order valence-electron chi connectivity index (χ2n) is 5.20. The summed E-state index contributed by atoms with van der Waals surface area (Å²) in [6, 6.07) is 9.68. The van der Waals surface area contributed by atoms with Crippen molar-refractivity contribution in [1.82, 2.24) is 9.55 Å². The normalized spacial score (nSPS) is 11.2. The smallest absolute Gasteiger partial charge is 0.264 e. The summed E-state index contributed by atoms with van der Waals surface area (Å²) in [5.41, 5.74) is -0.0542. The van der Waals surface area contributed by atoms with Crippen LogP contribution in [-0.4, -0.2) is 26.0 Å². The number of rotatable bonds is 3. The summed E-state index contributed by atoms with van der Waals surface area (Å²) in [5.74, 6) is -1.02. The molecule has 1 heterocycles. The molecule has 0 saturated heterocycles. The topological polar surface area (TPSA) is 90.6 Å². The van der Waals surface area contributed by atoms with Crippen LogP contribution in [0.4, 0.5) is 10.1 Å². The molecule has 3 N–H and O–H groups in total. The highest BCUT2D eigenvalue weighted by molar-refractivity contribution is 7.71. The average Bonchev–Trinajstić information content (AvgIpc) is 2.59. The van der Waals surface area contributed by atoms with E-state index in [1.165, 1.54) is 36.4 Å². The lowest BCUT2D eigenvalue weighted by atomic mass is 10.2. The first-order valence-corrected chi connectivity index (χ1v) is 8.02. The molecule has 132 valence electrons. The molecule has 0 aliphatic carbocycles. The number of aromatic amines is 1. The molecule has 0 fully saturated rings. The fourth-order valence-corrected chi connectivity index (χ4v) is 2.66. The van der Waals surface area contributed by atoms with E-state index in [-0.39, 0.29) is 26.8 Å². The predicted molar refractivity (Wildman–Crippen MR) is 99.2 cm³/mol. The lowest BCUT2D eigenvalue weighted by Crippen LogP contribution is -2.18. The molecule has 0 aliphatic rings. The van der Waals surface area contributed by atoms with Crippen molar-refractivity contribution in [2.45, 2.75) is 0 Å². The minimum Gasteiger partial charge on any atom is -0.508 e. The van der Waals surface area contributed by atoms with Gasteiger partial charge in [-0.25, -0.2) is 4.39 Å². The van der Waals surface area contributed by atoms with Gasteiger partial charge in [-0.15, -0.1) is 0 Å². The number of phenols is 1. The Morgan fingerprint density at radius 3 is 2.54 bits per heavy atom. The second-order valence-corrected chi connectivity index (χ2v) is 6.00. The number of phenolic OH excluding ortho intramolecular Hbond substituents is 1. The highest BCUT2D eigenvalue weighted by atomic mass is 35.5. The molecule has 26 heavy (non-hydrogen) atoms. The van der Waals surface area contributed by atoms with Crippen molar-refractivity contribution in [3.8, 4) is 17.3 Å². The molecule has 0 radical (unpaired) electrons. The number of H-pyrrole nitrogens is 1. The van der Waals surface area contributed by atoms with Gasteiger partial charge in [0.25, 0.3) is 5.56 Å². The highest BCUT2D eigenvalue weighted by Crippen LogP contribution is 2.24. The van der Waals surface area contributed by atoms with Gasteiger partial charge in [-0.3, -0.25) is 19.3 Å². The molecule has 0 amide bonds.